The number of β-amino-alcohol motifs (C(OH)–C–C–N with tert-alkyl or cyclic N) is 1. The van der Waals surface area contributed by atoms with Gasteiger partial charge in [0.15, 0.2) is 0 Å². The minimum Gasteiger partial charge on any atom is -0.465 e. The van der Waals surface area contributed by atoms with Crippen LogP contribution in [0.4, 0.5) is 4.79 Å². The Balaban J connectivity index is 2.39. The van der Waals surface area contributed by atoms with Crippen molar-refractivity contribution in [3.8, 4) is 0 Å². The van der Waals surface area contributed by atoms with Gasteiger partial charge in [-0.2, -0.15) is 0 Å². The van der Waals surface area contributed by atoms with E-state index in [0.29, 0.717) is 6.54 Å². The molecule has 0 aliphatic carbocycles. The molecular weight excluding hydrogens is 134 g/mol. The van der Waals surface area contributed by atoms with E-state index in [-0.39, 0.29) is 6.54 Å². The van der Waals surface area contributed by atoms with E-state index in [0.717, 1.165) is 12.8 Å². The first kappa shape index (κ1) is 7.34. The predicted octanol–water partition coefficient (Wildman–Crippen LogP) is 0.121. The van der Waals surface area contributed by atoms with Crippen molar-refractivity contribution in [2.24, 2.45) is 0 Å². The third-order valence-corrected chi connectivity index (χ3v) is 1.67. The predicted molar refractivity (Wildman–Crippen MR) is 34.8 cm³/mol. The fraction of sp³-hybridized carbons (Fsp3) is 0.833. The number of aliphatic hydroxyl groups excluding tert-OH is 1. The number of rotatable bonds is 0. The van der Waals surface area contributed by atoms with Crippen LogP contribution in [0.5, 0.6) is 0 Å². The van der Waals surface area contributed by atoms with Gasteiger partial charge >= 0.3 is 6.09 Å². The van der Waals surface area contributed by atoms with Crippen molar-refractivity contribution >= 4 is 6.09 Å². The molecule has 1 aliphatic heterocycles. The third-order valence-electron chi connectivity index (χ3n) is 1.67. The third kappa shape index (κ3) is 1.60. The molecule has 2 N–H and O–H groups in total. The highest BCUT2D eigenvalue weighted by molar-refractivity contribution is 5.65. The summed E-state index contributed by atoms with van der Waals surface area (Å²) >= 11 is 0. The van der Waals surface area contributed by atoms with Crippen LogP contribution in [-0.4, -0.2) is 40.4 Å². The van der Waals surface area contributed by atoms with E-state index < -0.39 is 12.2 Å². The summed E-state index contributed by atoms with van der Waals surface area (Å²) in [4.78, 5) is 11.6. The standard InChI is InChI=1S/C6H11NO3/c8-5-2-1-3-7(4-5)6(9)10/h5,8H,1-4H2,(H,9,10). The van der Waals surface area contributed by atoms with Crippen LogP contribution in [0.2, 0.25) is 0 Å². The van der Waals surface area contributed by atoms with Crippen LogP contribution in [0, 0.1) is 0 Å². The van der Waals surface area contributed by atoms with Crippen molar-refractivity contribution in [2.75, 3.05) is 13.1 Å². The summed E-state index contributed by atoms with van der Waals surface area (Å²) in [6.07, 6.45) is 0.112. The Labute approximate surface area is 59.1 Å². The van der Waals surface area contributed by atoms with Gasteiger partial charge < -0.3 is 15.1 Å². The molecule has 0 aromatic carbocycles. The van der Waals surface area contributed by atoms with Crippen LogP contribution in [0.1, 0.15) is 12.8 Å². The molecule has 0 radical (unpaired) electrons. The second kappa shape index (κ2) is 2.88. The van der Waals surface area contributed by atoms with Gasteiger partial charge in [0.2, 0.25) is 0 Å². The van der Waals surface area contributed by atoms with Crippen molar-refractivity contribution < 1.29 is 15.0 Å². The number of hydrogen-bond acceptors (Lipinski definition) is 2. The first-order valence-electron chi connectivity index (χ1n) is 3.36. The SMILES string of the molecule is O=C(O)N1CCCC(O)C1. The van der Waals surface area contributed by atoms with Crippen molar-refractivity contribution in [3.05, 3.63) is 0 Å². The number of carbonyl (C=O) groups is 1. The maximum Gasteiger partial charge on any atom is 0.407 e. The van der Waals surface area contributed by atoms with E-state index in [1.165, 1.54) is 4.90 Å². The average Bonchev–Trinajstić information content (AvgIpc) is 1.88. The van der Waals surface area contributed by atoms with Gasteiger partial charge in [0.25, 0.3) is 0 Å². The molecule has 0 aromatic heterocycles. The number of carboxylic acid groups (broad SMARTS) is 1. The molecule has 1 rings (SSSR count). The fourth-order valence-corrected chi connectivity index (χ4v) is 1.13. The van der Waals surface area contributed by atoms with Crippen LogP contribution in [0.15, 0.2) is 0 Å². The highest BCUT2D eigenvalue weighted by Crippen LogP contribution is 2.08. The maximum absolute atomic E-state index is 10.3. The molecule has 1 atom stereocenters. The molecule has 1 aliphatic rings. The zero-order valence-electron chi connectivity index (χ0n) is 5.66. The normalized spacial score (nSPS) is 26.5. The lowest BCUT2D eigenvalue weighted by molar-refractivity contribution is 0.0660. The molecule has 0 aromatic rings. The Hall–Kier alpha value is -0.770. The Morgan fingerprint density at radius 3 is 2.70 bits per heavy atom. The van der Waals surface area contributed by atoms with Crippen molar-refractivity contribution in [1.82, 2.24) is 4.90 Å². The molecule has 1 fully saturated rings. The van der Waals surface area contributed by atoms with Gasteiger partial charge in [0, 0.05) is 13.1 Å². The van der Waals surface area contributed by atoms with E-state index in [2.05, 4.69) is 0 Å². The number of nitrogens with zero attached hydrogens (tertiary/aromatic N) is 1. The number of amides is 1. The Kier molecular flexibility index (Phi) is 2.11. The fourth-order valence-electron chi connectivity index (χ4n) is 1.13. The molecule has 1 unspecified atom stereocenters. The van der Waals surface area contributed by atoms with Gasteiger partial charge in [0.05, 0.1) is 6.10 Å². The Bertz CT molecular complexity index is 137. The molecule has 0 bridgehead atoms. The summed E-state index contributed by atoms with van der Waals surface area (Å²) in [5.74, 6) is 0. The zero-order chi connectivity index (χ0) is 7.56. The smallest absolute Gasteiger partial charge is 0.407 e. The molecule has 58 valence electrons. The van der Waals surface area contributed by atoms with Crippen molar-refractivity contribution in [3.63, 3.8) is 0 Å². The number of piperidine rings is 1. The summed E-state index contributed by atoms with van der Waals surface area (Å²) in [6.45, 7) is 0.835. The van der Waals surface area contributed by atoms with Crippen molar-refractivity contribution in [2.45, 2.75) is 18.9 Å². The molecule has 0 saturated carbocycles. The molecule has 1 saturated heterocycles. The van der Waals surface area contributed by atoms with Gasteiger partial charge in [-0.05, 0) is 12.8 Å². The summed E-state index contributed by atoms with van der Waals surface area (Å²) in [5.41, 5.74) is 0. The van der Waals surface area contributed by atoms with Gasteiger partial charge in [-0.1, -0.05) is 0 Å². The average molecular weight is 145 g/mol. The number of aliphatic hydroxyl groups is 1. The van der Waals surface area contributed by atoms with E-state index in [1.807, 2.05) is 0 Å². The molecule has 10 heavy (non-hydrogen) atoms. The molecule has 1 amide bonds. The van der Waals surface area contributed by atoms with E-state index >= 15 is 0 Å². The second-order valence-corrected chi connectivity index (χ2v) is 2.52. The molecule has 4 heteroatoms. The second-order valence-electron chi connectivity index (χ2n) is 2.52. The lowest BCUT2D eigenvalue weighted by Crippen LogP contribution is -2.41. The van der Waals surface area contributed by atoms with Crippen LogP contribution < -0.4 is 0 Å². The molecular formula is C6H11NO3. The minimum absolute atomic E-state index is 0.273. The summed E-state index contributed by atoms with van der Waals surface area (Å²) < 4.78 is 0. The monoisotopic (exact) mass is 145 g/mol. The number of hydrogen-bond donors (Lipinski definition) is 2. The molecule has 4 nitrogen and oxygen atoms in total. The van der Waals surface area contributed by atoms with Crippen LogP contribution in [0.3, 0.4) is 0 Å². The van der Waals surface area contributed by atoms with E-state index in [1.54, 1.807) is 0 Å². The Morgan fingerprint density at radius 2 is 2.30 bits per heavy atom. The minimum atomic E-state index is -0.932. The molecule has 0 spiro atoms. The van der Waals surface area contributed by atoms with Crippen LogP contribution in [-0.2, 0) is 0 Å². The van der Waals surface area contributed by atoms with Crippen molar-refractivity contribution in [1.29, 1.82) is 0 Å². The highest BCUT2D eigenvalue weighted by atomic mass is 16.4. The number of likely N-dealkylation sites (tertiary alicyclic amines) is 1. The highest BCUT2D eigenvalue weighted by Gasteiger charge is 2.20. The Morgan fingerprint density at radius 1 is 1.60 bits per heavy atom. The quantitative estimate of drug-likeness (QED) is 0.509. The first-order chi connectivity index (χ1) is 4.70. The lowest BCUT2D eigenvalue weighted by atomic mass is 10.1. The van der Waals surface area contributed by atoms with Crippen LogP contribution in [0.25, 0.3) is 0 Å². The van der Waals surface area contributed by atoms with E-state index in [4.69, 9.17) is 10.2 Å². The van der Waals surface area contributed by atoms with Gasteiger partial charge in [-0.25, -0.2) is 4.79 Å². The summed E-state index contributed by atoms with van der Waals surface area (Å²) in [5, 5.41) is 17.5. The molecule has 1 heterocycles. The van der Waals surface area contributed by atoms with Gasteiger partial charge in [-0.3, -0.25) is 0 Å². The summed E-state index contributed by atoms with van der Waals surface area (Å²) in [6, 6.07) is 0. The van der Waals surface area contributed by atoms with E-state index in [9.17, 15) is 4.79 Å². The maximum atomic E-state index is 10.3. The topological polar surface area (TPSA) is 60.8 Å². The first-order valence-corrected chi connectivity index (χ1v) is 3.36. The van der Waals surface area contributed by atoms with Gasteiger partial charge in [0.1, 0.15) is 0 Å². The zero-order valence-corrected chi connectivity index (χ0v) is 5.66. The van der Waals surface area contributed by atoms with Crippen LogP contribution >= 0.6 is 0 Å². The van der Waals surface area contributed by atoms with Gasteiger partial charge in [-0.15, -0.1) is 0 Å². The lowest BCUT2D eigenvalue weighted by Gasteiger charge is -2.27. The largest absolute Gasteiger partial charge is 0.465 e. The summed E-state index contributed by atoms with van der Waals surface area (Å²) in [7, 11) is 0.